The van der Waals surface area contributed by atoms with Gasteiger partial charge in [-0.1, -0.05) is 50.2 Å². The number of hydrogen-bond acceptors (Lipinski definition) is 3. The second kappa shape index (κ2) is 18.5. The fourth-order valence-corrected chi connectivity index (χ4v) is 1.36. The summed E-state index contributed by atoms with van der Waals surface area (Å²) in [5.74, 6) is 0. The molecular formula is C15H30N2O. The molecule has 0 heterocycles. The van der Waals surface area contributed by atoms with Gasteiger partial charge >= 0.3 is 0 Å². The fourth-order valence-electron chi connectivity index (χ4n) is 1.36. The van der Waals surface area contributed by atoms with Crippen LogP contribution < -0.4 is 5.73 Å². The first-order chi connectivity index (χ1) is 8.85. The van der Waals surface area contributed by atoms with Crippen LogP contribution in [0.2, 0.25) is 0 Å². The van der Waals surface area contributed by atoms with Gasteiger partial charge in [0.25, 0.3) is 0 Å². The lowest BCUT2D eigenvalue weighted by Crippen LogP contribution is -2.24. The Hall–Kier alpha value is -0.900. The highest BCUT2D eigenvalue weighted by molar-refractivity contribution is 4.99. The SMILES string of the molecule is CCN(CC)CCCOC.CN.c1ccccc1. The summed E-state index contributed by atoms with van der Waals surface area (Å²) in [7, 11) is 3.25. The van der Waals surface area contributed by atoms with Gasteiger partial charge in [0.15, 0.2) is 0 Å². The molecule has 3 heteroatoms. The number of hydrogen-bond donors (Lipinski definition) is 1. The summed E-state index contributed by atoms with van der Waals surface area (Å²) >= 11 is 0. The van der Waals surface area contributed by atoms with Gasteiger partial charge in [-0.25, -0.2) is 0 Å². The Morgan fingerprint density at radius 2 is 1.28 bits per heavy atom. The van der Waals surface area contributed by atoms with Gasteiger partial charge < -0.3 is 15.4 Å². The third-order valence-electron chi connectivity index (χ3n) is 2.38. The Kier molecular flexibility index (Phi) is 19.9. The molecule has 0 spiro atoms. The van der Waals surface area contributed by atoms with Crippen molar-refractivity contribution < 1.29 is 4.74 Å². The Balaban J connectivity index is 0. The Labute approximate surface area is 113 Å². The predicted octanol–water partition coefficient (Wildman–Crippen LogP) is 2.63. The van der Waals surface area contributed by atoms with Crippen molar-refractivity contribution in [2.45, 2.75) is 20.3 Å². The van der Waals surface area contributed by atoms with Gasteiger partial charge in [-0.3, -0.25) is 0 Å². The van der Waals surface area contributed by atoms with Crippen LogP contribution >= 0.6 is 0 Å². The molecule has 0 aliphatic carbocycles. The fraction of sp³-hybridized carbons (Fsp3) is 0.600. The van der Waals surface area contributed by atoms with Crippen LogP contribution in [0.4, 0.5) is 0 Å². The van der Waals surface area contributed by atoms with Crippen molar-refractivity contribution in [3.05, 3.63) is 36.4 Å². The van der Waals surface area contributed by atoms with E-state index in [-0.39, 0.29) is 0 Å². The number of ether oxygens (including phenoxy) is 1. The van der Waals surface area contributed by atoms with Crippen molar-refractivity contribution in [3.8, 4) is 0 Å². The summed E-state index contributed by atoms with van der Waals surface area (Å²) in [6, 6.07) is 12.0. The minimum absolute atomic E-state index is 0.885. The minimum Gasteiger partial charge on any atom is -0.385 e. The van der Waals surface area contributed by atoms with Crippen molar-refractivity contribution in [2.24, 2.45) is 5.73 Å². The van der Waals surface area contributed by atoms with Crippen molar-refractivity contribution in [1.82, 2.24) is 4.90 Å². The van der Waals surface area contributed by atoms with Gasteiger partial charge in [0.05, 0.1) is 0 Å². The van der Waals surface area contributed by atoms with Crippen LogP contribution in [-0.2, 0) is 4.74 Å². The first-order valence-electron chi connectivity index (χ1n) is 6.64. The smallest absolute Gasteiger partial charge is 0.0474 e. The van der Waals surface area contributed by atoms with E-state index >= 15 is 0 Å². The van der Waals surface area contributed by atoms with Gasteiger partial charge in [0.2, 0.25) is 0 Å². The minimum atomic E-state index is 0.885. The van der Waals surface area contributed by atoms with E-state index in [1.165, 1.54) is 13.6 Å². The second-order valence-electron chi connectivity index (χ2n) is 3.53. The number of rotatable bonds is 6. The molecule has 0 bridgehead atoms. The highest BCUT2D eigenvalue weighted by Crippen LogP contribution is 1.89. The van der Waals surface area contributed by atoms with Gasteiger partial charge in [0, 0.05) is 20.3 Å². The quantitative estimate of drug-likeness (QED) is 0.793. The Morgan fingerprint density at radius 3 is 1.56 bits per heavy atom. The molecule has 2 N–H and O–H groups in total. The average molecular weight is 254 g/mol. The van der Waals surface area contributed by atoms with Crippen LogP contribution in [0.5, 0.6) is 0 Å². The maximum absolute atomic E-state index is 4.95. The first kappa shape index (κ1) is 19.4. The van der Waals surface area contributed by atoms with Crippen LogP contribution in [0, 0.1) is 0 Å². The highest BCUT2D eigenvalue weighted by atomic mass is 16.5. The molecule has 0 saturated carbocycles. The normalized spacial score (nSPS) is 9.00. The van der Waals surface area contributed by atoms with Gasteiger partial charge in [-0.05, 0) is 26.6 Å². The van der Waals surface area contributed by atoms with E-state index in [2.05, 4.69) is 24.5 Å². The molecule has 0 unspecified atom stereocenters. The molecule has 0 aromatic heterocycles. The Bertz CT molecular complexity index is 186. The van der Waals surface area contributed by atoms with Gasteiger partial charge in [-0.2, -0.15) is 0 Å². The summed E-state index contributed by atoms with van der Waals surface area (Å²) in [6.45, 7) is 8.74. The van der Waals surface area contributed by atoms with Crippen LogP contribution in [0.25, 0.3) is 0 Å². The predicted molar refractivity (Wildman–Crippen MR) is 80.8 cm³/mol. The second-order valence-corrected chi connectivity index (χ2v) is 3.53. The standard InChI is InChI=1S/C8H19NO.C6H6.CH5N/c1-4-9(5-2)7-6-8-10-3;1-2-4-6-5-3-1;1-2/h4-8H2,1-3H3;1-6H;2H2,1H3. The van der Waals surface area contributed by atoms with Crippen molar-refractivity contribution in [1.29, 1.82) is 0 Å². The monoisotopic (exact) mass is 254 g/mol. The summed E-state index contributed by atoms with van der Waals surface area (Å²) < 4.78 is 4.95. The summed E-state index contributed by atoms with van der Waals surface area (Å²) in [5, 5.41) is 0. The molecule has 0 radical (unpaired) electrons. The topological polar surface area (TPSA) is 38.5 Å². The third kappa shape index (κ3) is 15.1. The van der Waals surface area contributed by atoms with Crippen molar-refractivity contribution >= 4 is 0 Å². The molecule has 0 amide bonds. The molecule has 3 nitrogen and oxygen atoms in total. The van der Waals surface area contributed by atoms with Gasteiger partial charge in [0.1, 0.15) is 0 Å². The maximum atomic E-state index is 4.95. The average Bonchev–Trinajstić information content (AvgIpc) is 2.48. The third-order valence-corrected chi connectivity index (χ3v) is 2.38. The van der Waals surface area contributed by atoms with E-state index in [1.54, 1.807) is 7.11 Å². The molecule has 0 aliphatic heterocycles. The zero-order chi connectivity index (χ0) is 14.1. The molecule has 1 rings (SSSR count). The van der Waals surface area contributed by atoms with E-state index in [0.717, 1.165) is 26.1 Å². The molecule has 0 atom stereocenters. The first-order valence-corrected chi connectivity index (χ1v) is 6.64. The van der Waals surface area contributed by atoms with E-state index < -0.39 is 0 Å². The van der Waals surface area contributed by atoms with Gasteiger partial charge in [-0.15, -0.1) is 0 Å². The van der Waals surface area contributed by atoms with Crippen LogP contribution in [-0.4, -0.2) is 45.3 Å². The lowest BCUT2D eigenvalue weighted by molar-refractivity contribution is 0.175. The maximum Gasteiger partial charge on any atom is 0.0474 e. The molecule has 0 fully saturated rings. The van der Waals surface area contributed by atoms with E-state index in [9.17, 15) is 0 Å². The van der Waals surface area contributed by atoms with Crippen LogP contribution in [0.3, 0.4) is 0 Å². The molecule has 1 aromatic carbocycles. The molecule has 0 saturated heterocycles. The number of nitrogens with two attached hydrogens (primary N) is 1. The lowest BCUT2D eigenvalue weighted by atomic mass is 10.4. The van der Waals surface area contributed by atoms with E-state index in [0.29, 0.717) is 0 Å². The summed E-state index contributed by atoms with van der Waals surface area (Å²) in [4.78, 5) is 2.40. The Morgan fingerprint density at radius 1 is 0.889 bits per heavy atom. The number of benzene rings is 1. The van der Waals surface area contributed by atoms with Crippen LogP contribution in [0.1, 0.15) is 20.3 Å². The highest BCUT2D eigenvalue weighted by Gasteiger charge is 1.96. The number of methoxy groups -OCH3 is 1. The summed E-state index contributed by atoms with van der Waals surface area (Å²) in [5.41, 5.74) is 4.50. The van der Waals surface area contributed by atoms with E-state index in [1.807, 2.05) is 36.4 Å². The molecule has 1 aromatic rings. The number of nitrogens with zero attached hydrogens (tertiary/aromatic N) is 1. The van der Waals surface area contributed by atoms with E-state index in [4.69, 9.17) is 4.74 Å². The molecular weight excluding hydrogens is 224 g/mol. The molecule has 106 valence electrons. The zero-order valence-electron chi connectivity index (χ0n) is 12.4. The molecule has 0 aliphatic rings. The lowest BCUT2D eigenvalue weighted by Gasteiger charge is -2.16. The van der Waals surface area contributed by atoms with Crippen molar-refractivity contribution in [2.75, 3.05) is 40.4 Å². The molecule has 18 heavy (non-hydrogen) atoms. The zero-order valence-corrected chi connectivity index (χ0v) is 12.4. The van der Waals surface area contributed by atoms with Crippen molar-refractivity contribution in [3.63, 3.8) is 0 Å². The van der Waals surface area contributed by atoms with Crippen LogP contribution in [0.15, 0.2) is 36.4 Å². The summed E-state index contributed by atoms with van der Waals surface area (Å²) in [6.07, 6.45) is 1.15. The largest absolute Gasteiger partial charge is 0.385 e.